The molecule has 7 nitrogen and oxygen atoms in total. The second-order valence-corrected chi connectivity index (χ2v) is 12.8. The van der Waals surface area contributed by atoms with E-state index in [1.807, 2.05) is 0 Å². The summed E-state index contributed by atoms with van der Waals surface area (Å²) < 4.78 is 27.9. The Morgan fingerprint density at radius 2 is 1.58 bits per heavy atom. The lowest BCUT2D eigenvalue weighted by molar-refractivity contribution is -0.213. The van der Waals surface area contributed by atoms with Crippen molar-refractivity contribution in [3.05, 3.63) is 0 Å². The smallest absolute Gasteiger partial charge is 0.334 e. The van der Waals surface area contributed by atoms with Crippen LogP contribution in [0.15, 0.2) is 0 Å². The quantitative estimate of drug-likeness (QED) is 0.334. The molecule has 0 amide bonds. The van der Waals surface area contributed by atoms with Gasteiger partial charge in [-0.2, -0.15) is 0 Å². The van der Waals surface area contributed by atoms with E-state index >= 15 is 0 Å². The normalized spacial score (nSPS) is 43.7. The van der Waals surface area contributed by atoms with Crippen molar-refractivity contribution in [2.45, 2.75) is 96.9 Å². The fourth-order valence-electron chi connectivity index (χ4n) is 9.53. The van der Waals surface area contributed by atoms with Crippen LogP contribution in [0.1, 0.15) is 78.6 Å². The van der Waals surface area contributed by atoms with Gasteiger partial charge in [0.05, 0.1) is 19.3 Å². The molecule has 4 fully saturated rings. The maximum Gasteiger partial charge on any atom is 0.334 e. The molecule has 4 saturated carbocycles. The number of hydrogen-bond acceptors (Lipinski definition) is 7. The van der Waals surface area contributed by atoms with Crippen LogP contribution in [-0.4, -0.2) is 64.3 Å². The Morgan fingerprint density at radius 3 is 2.28 bits per heavy atom. The van der Waals surface area contributed by atoms with Crippen LogP contribution >= 0.6 is 0 Å². The molecule has 0 aromatic heterocycles. The van der Waals surface area contributed by atoms with Crippen molar-refractivity contribution in [2.75, 3.05) is 34.9 Å². The monoisotopic (exact) mass is 510 g/mol. The van der Waals surface area contributed by atoms with E-state index in [-0.39, 0.29) is 23.5 Å². The molecule has 0 radical (unpaired) electrons. The minimum Gasteiger partial charge on any atom is -0.467 e. The van der Waals surface area contributed by atoms with Crippen molar-refractivity contribution in [1.82, 2.24) is 0 Å². The average molecular weight is 511 g/mol. The number of aliphatic hydroxyl groups is 1. The van der Waals surface area contributed by atoms with E-state index in [1.165, 1.54) is 32.8 Å². The number of fused-ring (bicyclic) bond motifs is 5. The van der Waals surface area contributed by atoms with E-state index in [0.29, 0.717) is 55.0 Å². The maximum atomic E-state index is 11.9. The Balaban J connectivity index is 1.55. The summed E-state index contributed by atoms with van der Waals surface area (Å²) in [5.74, 6) is 2.61. The summed E-state index contributed by atoms with van der Waals surface area (Å²) in [6.45, 7) is 7.97. The summed E-state index contributed by atoms with van der Waals surface area (Å²) in [7, 11) is 4.75. The maximum absolute atomic E-state index is 11.9. The first-order chi connectivity index (χ1) is 17.2. The van der Waals surface area contributed by atoms with Crippen LogP contribution in [-0.2, 0) is 28.5 Å². The molecule has 4 aliphatic carbocycles. The van der Waals surface area contributed by atoms with Crippen LogP contribution in [0.25, 0.3) is 0 Å². The molecule has 11 atom stereocenters. The van der Waals surface area contributed by atoms with Gasteiger partial charge >= 0.3 is 5.97 Å². The molecule has 7 heteroatoms. The first-order valence-corrected chi connectivity index (χ1v) is 14.2. The highest BCUT2D eigenvalue weighted by Crippen LogP contribution is 2.68. The number of rotatable bonds is 10. The van der Waals surface area contributed by atoms with Crippen LogP contribution < -0.4 is 0 Å². The Bertz CT molecular complexity index is 745. The number of carbonyl (C=O) groups is 1. The first-order valence-electron chi connectivity index (χ1n) is 14.2. The van der Waals surface area contributed by atoms with Crippen LogP contribution in [0.2, 0.25) is 0 Å². The van der Waals surface area contributed by atoms with Crippen LogP contribution in [0.5, 0.6) is 0 Å². The zero-order chi connectivity index (χ0) is 26.1. The van der Waals surface area contributed by atoms with Crippen molar-refractivity contribution in [3.8, 4) is 0 Å². The zero-order valence-corrected chi connectivity index (χ0v) is 23.4. The van der Waals surface area contributed by atoms with Gasteiger partial charge in [-0.25, -0.2) is 4.79 Å². The summed E-state index contributed by atoms with van der Waals surface area (Å²) in [5.41, 5.74) is 0.518. The molecule has 0 bridgehead atoms. The van der Waals surface area contributed by atoms with Gasteiger partial charge in [-0.15, -0.1) is 0 Å². The number of esters is 1. The lowest BCUT2D eigenvalue weighted by Gasteiger charge is -2.63. The molecule has 0 saturated heterocycles. The lowest BCUT2D eigenvalue weighted by Crippen LogP contribution is -2.59. The first kappa shape index (κ1) is 28.3. The number of carbonyl (C=O) groups excluding carboxylic acids is 1. The van der Waals surface area contributed by atoms with Crippen molar-refractivity contribution in [1.29, 1.82) is 0 Å². The number of ether oxygens (including phenoxy) is 5. The summed E-state index contributed by atoms with van der Waals surface area (Å²) >= 11 is 0. The van der Waals surface area contributed by atoms with Gasteiger partial charge < -0.3 is 28.8 Å². The number of aliphatic hydroxyl groups excluding tert-OH is 1. The topological polar surface area (TPSA) is 83.5 Å². The number of methoxy groups -OCH3 is 3. The fraction of sp³-hybridized carbons (Fsp3) is 0.966. The summed E-state index contributed by atoms with van der Waals surface area (Å²) in [6.07, 6.45) is 9.18. The largest absolute Gasteiger partial charge is 0.467 e. The Hall–Kier alpha value is -0.730. The number of hydrogen-bond donors (Lipinski definition) is 1. The third-order valence-electron chi connectivity index (χ3n) is 11.3. The lowest BCUT2D eigenvalue weighted by atomic mass is 9.43. The van der Waals surface area contributed by atoms with E-state index in [9.17, 15) is 9.90 Å². The summed E-state index contributed by atoms with van der Waals surface area (Å²) in [6, 6.07) is 0. The molecule has 0 aliphatic heterocycles. The predicted molar refractivity (Wildman–Crippen MR) is 136 cm³/mol. The second kappa shape index (κ2) is 11.6. The van der Waals surface area contributed by atoms with Crippen LogP contribution in [0, 0.1) is 46.3 Å². The van der Waals surface area contributed by atoms with Gasteiger partial charge in [0.15, 0.2) is 6.10 Å². The third-order valence-corrected chi connectivity index (χ3v) is 11.3. The van der Waals surface area contributed by atoms with Gasteiger partial charge in [-0.05, 0) is 104 Å². The van der Waals surface area contributed by atoms with Gasteiger partial charge in [-0.1, -0.05) is 20.8 Å². The molecule has 4 aliphatic rings. The molecule has 0 aromatic carbocycles. The van der Waals surface area contributed by atoms with Crippen molar-refractivity contribution >= 4 is 5.97 Å². The van der Waals surface area contributed by atoms with E-state index in [0.717, 1.165) is 25.7 Å². The molecule has 4 rings (SSSR count). The highest BCUT2D eigenvalue weighted by atomic mass is 16.7. The fourth-order valence-corrected chi connectivity index (χ4v) is 9.53. The van der Waals surface area contributed by atoms with E-state index in [4.69, 9.17) is 23.7 Å². The molecule has 0 aromatic rings. The van der Waals surface area contributed by atoms with Gasteiger partial charge in [0.25, 0.3) is 0 Å². The molecule has 0 spiro atoms. The summed E-state index contributed by atoms with van der Waals surface area (Å²) in [5, 5.41) is 10.4. The molecular weight excluding hydrogens is 460 g/mol. The SMILES string of the molecule is COCO[C@@H]1CCC2(C)C(C1)C[C@@H](OCOC)C1C2CC[C@]2(C)[C@@H]([C@H](C)CC(O)C(=O)OC)CC[C@@H]12. The van der Waals surface area contributed by atoms with Crippen molar-refractivity contribution in [2.24, 2.45) is 46.3 Å². The Kier molecular flexibility index (Phi) is 9.09. The van der Waals surface area contributed by atoms with Gasteiger partial charge in [-0.3, -0.25) is 0 Å². The molecular formula is C29H50O7. The zero-order valence-electron chi connectivity index (χ0n) is 23.4. The second-order valence-electron chi connectivity index (χ2n) is 12.8. The van der Waals surface area contributed by atoms with E-state index < -0.39 is 12.1 Å². The van der Waals surface area contributed by atoms with Crippen molar-refractivity contribution < 1.29 is 33.6 Å². The Labute approximate surface area is 217 Å². The average Bonchev–Trinajstić information content (AvgIpc) is 3.22. The van der Waals surface area contributed by atoms with Crippen LogP contribution in [0.4, 0.5) is 0 Å². The minimum atomic E-state index is -1.04. The third kappa shape index (κ3) is 5.12. The van der Waals surface area contributed by atoms with Gasteiger partial charge in [0, 0.05) is 14.2 Å². The standard InChI is InChI=1S/C29H50O7/c1-18(13-24(30)27(31)34-6)21-7-8-22-26-23(10-12-29(21,22)3)28(2)11-9-20(35-16-32-4)14-19(28)15-25(26)36-17-33-5/h18-26,30H,7-17H2,1-6H3/t18-,19?,20-,21-,22+,23?,24?,25-,26?,28?,29-/m1/s1. The van der Waals surface area contributed by atoms with E-state index in [1.54, 1.807) is 14.2 Å². The highest BCUT2D eigenvalue weighted by molar-refractivity contribution is 5.74. The minimum absolute atomic E-state index is 0.201. The molecule has 36 heavy (non-hydrogen) atoms. The van der Waals surface area contributed by atoms with Crippen molar-refractivity contribution in [3.63, 3.8) is 0 Å². The van der Waals surface area contributed by atoms with Gasteiger partial charge in [0.1, 0.15) is 13.6 Å². The van der Waals surface area contributed by atoms with E-state index in [2.05, 4.69) is 20.8 Å². The van der Waals surface area contributed by atoms with Crippen LogP contribution in [0.3, 0.4) is 0 Å². The summed E-state index contributed by atoms with van der Waals surface area (Å²) in [4.78, 5) is 11.9. The molecule has 208 valence electrons. The molecule has 1 N–H and O–H groups in total. The molecule has 0 heterocycles. The molecule has 5 unspecified atom stereocenters. The Morgan fingerprint density at radius 1 is 0.917 bits per heavy atom. The highest BCUT2D eigenvalue weighted by Gasteiger charge is 2.63. The van der Waals surface area contributed by atoms with Gasteiger partial charge in [0.2, 0.25) is 0 Å². The predicted octanol–water partition coefficient (Wildman–Crippen LogP) is 4.79.